The van der Waals surface area contributed by atoms with Gasteiger partial charge in [-0.3, -0.25) is 28.1 Å². The summed E-state index contributed by atoms with van der Waals surface area (Å²) in [6, 6.07) is 0. The molecular weight excluding hydrogens is 1980 g/mol. The molecule has 3 atom stereocenters. The number of aromatic nitrogens is 30. The Morgan fingerprint density at radius 1 is 0.328 bits per heavy atom. The van der Waals surface area contributed by atoms with Crippen molar-refractivity contribution in [3.63, 3.8) is 0 Å². The maximum Gasteiger partial charge on any atom is 0.187 e. The molecule has 18 aromatic heterocycles. The second-order valence-corrected chi connectivity index (χ2v) is 39.8. The Kier molecular flexibility index (Phi) is 27.6. The van der Waals surface area contributed by atoms with E-state index >= 15 is 0 Å². The molecule has 21 heterocycles. The second-order valence-electron chi connectivity index (χ2n) is 35.8. The summed E-state index contributed by atoms with van der Waals surface area (Å²) in [5.74, 6) is 3.64. The Morgan fingerprint density at radius 2 is 0.628 bits per heavy atom. The first-order chi connectivity index (χ1) is 66.4. The Balaban J connectivity index is 0.000000105. The molecule has 0 spiro atoms. The van der Waals surface area contributed by atoms with Gasteiger partial charge in [-0.15, -0.1) is 0 Å². The average molecular weight is 2090 g/mol. The molecule has 0 aromatic carbocycles. The van der Waals surface area contributed by atoms with E-state index < -0.39 is 11.6 Å². The number of nitrogens with one attached hydrogen (secondary N) is 1. The minimum absolute atomic E-state index is 0.0259. The molecule has 6 aliphatic rings. The third-order valence-corrected chi connectivity index (χ3v) is 30.6. The number of hydrogen-bond donors (Lipinski definition) is 7. The third kappa shape index (κ3) is 19.0. The minimum Gasteiger partial charge on any atom is -0.383 e. The molecule has 0 bridgehead atoms. The zero-order chi connectivity index (χ0) is 95.1. The van der Waals surface area contributed by atoms with Crippen LogP contribution >= 0.6 is 71.2 Å². The van der Waals surface area contributed by atoms with Crippen LogP contribution in [-0.4, -0.2) is 172 Å². The van der Waals surface area contributed by atoms with Gasteiger partial charge in [-0.1, -0.05) is 75.8 Å². The van der Waals surface area contributed by atoms with Gasteiger partial charge in [0, 0.05) is 188 Å². The fourth-order valence-corrected chi connectivity index (χ4v) is 22.5. The van der Waals surface area contributed by atoms with Crippen LogP contribution in [0.5, 0.6) is 0 Å². The smallest absolute Gasteiger partial charge is 0.187 e. The topological polar surface area (TPSA) is 465 Å². The molecule has 18 aromatic rings. The van der Waals surface area contributed by atoms with Gasteiger partial charge in [0.25, 0.3) is 0 Å². The van der Waals surface area contributed by atoms with E-state index in [4.69, 9.17) is 70.7 Å². The zero-order valence-electron chi connectivity index (χ0n) is 76.7. The number of nitrogens with two attached hydrogens (primary N) is 6. The molecule has 3 unspecified atom stereocenters. The summed E-state index contributed by atoms with van der Waals surface area (Å²) in [6.07, 6.45) is 57.4. The maximum atomic E-state index is 14.7. The molecule has 137 heavy (non-hydrogen) atoms. The molecule has 3 saturated carbocycles. The van der Waals surface area contributed by atoms with Crippen molar-refractivity contribution in [1.82, 2.24) is 152 Å². The lowest BCUT2D eigenvalue weighted by atomic mass is 9.86. The molecule has 38 nitrogen and oxygen atoms in total. The minimum atomic E-state index is -0.426. The zero-order valence-corrected chi connectivity index (χ0v) is 83.0. The van der Waals surface area contributed by atoms with E-state index in [1.807, 2.05) is 110 Å². The number of thioether (sulfide) groups is 1. The SMILES string of the molecule is Cn1cc(-c2cnn3c(N)c(Br)c(C4CCCCO4)nc23)cn1.Cn1cc(-c2cnn3c(N)c(Br)c(C4CCCCS4)nc23)cn1.Cn1cc(-c2cnn3c(N)c(Br)c(C4CCNC4)nc23)cn1.Cn1cc(-c2cnn3c(N)c(Cl)c(C4CCCCC4)nc23)cn1.Cn1cc(-c2cnn3c(N)c(F)c(C4CCCCC4)nc23)cn1.Cn1cc(-c2cnn3c(N)c(F)c(C4CCCCC4)nc23)cn1. The fraction of sp³-hybridized carbons (Fsp3) is 0.413. The molecular formula is C92H107Br3ClF2N37OS. The van der Waals surface area contributed by atoms with Gasteiger partial charge in [0.1, 0.15) is 34.4 Å². The summed E-state index contributed by atoms with van der Waals surface area (Å²) in [5.41, 5.74) is 57.1. The van der Waals surface area contributed by atoms with Gasteiger partial charge in [0.15, 0.2) is 57.2 Å². The second kappa shape index (κ2) is 40.4. The van der Waals surface area contributed by atoms with Crippen molar-refractivity contribution in [2.45, 2.75) is 176 Å². The van der Waals surface area contributed by atoms with Gasteiger partial charge in [-0.25, -0.2) is 38.7 Å². The van der Waals surface area contributed by atoms with Gasteiger partial charge in [0.05, 0.1) is 122 Å². The van der Waals surface area contributed by atoms with Crippen molar-refractivity contribution < 1.29 is 13.5 Å². The van der Waals surface area contributed by atoms with Gasteiger partial charge < -0.3 is 44.5 Å². The Bertz CT molecular complexity index is 6560. The van der Waals surface area contributed by atoms with Crippen LogP contribution < -0.4 is 39.7 Å². The van der Waals surface area contributed by atoms with Crippen LogP contribution in [0.25, 0.3) is 101 Å². The van der Waals surface area contributed by atoms with E-state index in [9.17, 15) is 8.78 Å². The Labute approximate surface area is 820 Å². The van der Waals surface area contributed by atoms with Gasteiger partial charge in [-0.2, -0.15) is 100 Å². The summed E-state index contributed by atoms with van der Waals surface area (Å²) >= 11 is 19.2. The average Bonchev–Trinajstić information content (AvgIpc) is 1.66. The number of nitrogens with zero attached hydrogens (tertiary/aromatic N) is 30. The highest BCUT2D eigenvalue weighted by Gasteiger charge is 2.33. The first-order valence-corrected chi connectivity index (χ1v) is 50.0. The maximum absolute atomic E-state index is 14.7. The number of fused-ring (bicyclic) bond motifs is 6. The van der Waals surface area contributed by atoms with Crippen molar-refractivity contribution in [2.75, 3.05) is 59.9 Å². The van der Waals surface area contributed by atoms with Crippen molar-refractivity contribution in [2.24, 2.45) is 42.3 Å². The number of hydrogen-bond acceptors (Lipinski definition) is 27. The molecule has 3 aliphatic heterocycles. The largest absolute Gasteiger partial charge is 0.383 e. The van der Waals surface area contributed by atoms with Gasteiger partial charge in [0.2, 0.25) is 0 Å². The summed E-state index contributed by atoms with van der Waals surface area (Å²) in [6.45, 7) is 2.70. The highest BCUT2D eigenvalue weighted by molar-refractivity contribution is 9.11. The predicted molar refractivity (Wildman–Crippen MR) is 535 cm³/mol. The molecule has 0 radical (unpaired) electrons. The number of aryl methyl sites for hydroxylation is 6. The quantitative estimate of drug-likeness (QED) is 0.0597. The number of anilines is 6. The van der Waals surface area contributed by atoms with Crippen molar-refractivity contribution in [3.05, 3.63) is 176 Å². The molecule has 3 aliphatic carbocycles. The lowest BCUT2D eigenvalue weighted by molar-refractivity contribution is 0.0120. The number of nitrogen functional groups attached to an aromatic ring is 6. The van der Waals surface area contributed by atoms with Crippen LogP contribution in [-0.2, 0) is 47.0 Å². The Morgan fingerprint density at radius 3 is 0.949 bits per heavy atom. The van der Waals surface area contributed by atoms with E-state index in [1.54, 1.807) is 102 Å². The van der Waals surface area contributed by atoms with Crippen LogP contribution in [0.4, 0.5) is 43.7 Å². The summed E-state index contributed by atoms with van der Waals surface area (Å²) < 4.78 is 57.6. The monoisotopic (exact) mass is 2090 g/mol. The highest BCUT2D eigenvalue weighted by atomic mass is 79.9. The number of ether oxygens (including phenoxy) is 1. The Hall–Kier alpha value is -12.4. The van der Waals surface area contributed by atoms with Crippen molar-refractivity contribution in [1.29, 1.82) is 0 Å². The highest BCUT2D eigenvalue weighted by Crippen LogP contribution is 2.47. The van der Waals surface area contributed by atoms with Crippen molar-refractivity contribution in [3.8, 4) is 66.8 Å². The molecule has 24 rings (SSSR count). The summed E-state index contributed by atoms with van der Waals surface area (Å²) in [4.78, 5) is 28.7. The van der Waals surface area contributed by atoms with E-state index in [0.717, 1.165) is 242 Å². The molecule has 45 heteroatoms. The van der Waals surface area contributed by atoms with Crippen molar-refractivity contribution >= 4 is 140 Å². The molecule has 0 amide bonds. The molecule has 3 saturated heterocycles. The van der Waals surface area contributed by atoms with E-state index in [1.165, 1.54) is 59.7 Å². The van der Waals surface area contributed by atoms with Crippen LogP contribution in [0, 0.1) is 11.6 Å². The molecule has 6 fully saturated rings. The van der Waals surface area contributed by atoms with Gasteiger partial charge in [-0.05, 0) is 137 Å². The third-order valence-electron chi connectivity index (χ3n) is 26.4. The van der Waals surface area contributed by atoms with Gasteiger partial charge >= 0.3 is 0 Å². The lowest BCUT2D eigenvalue weighted by Crippen LogP contribution is -2.15. The molecule has 714 valence electrons. The van der Waals surface area contributed by atoms with Crippen LogP contribution in [0.3, 0.4) is 0 Å². The van der Waals surface area contributed by atoms with E-state index in [2.05, 4.69) is 124 Å². The summed E-state index contributed by atoms with van der Waals surface area (Å²) in [7, 11) is 11.3. The normalized spacial score (nSPS) is 17.4. The van der Waals surface area contributed by atoms with Crippen LogP contribution in [0.2, 0.25) is 5.02 Å². The summed E-state index contributed by atoms with van der Waals surface area (Å²) in [5, 5.41) is 55.5. The van der Waals surface area contributed by atoms with E-state index in [0.29, 0.717) is 68.1 Å². The fourth-order valence-electron chi connectivity index (χ4n) is 19.1. The van der Waals surface area contributed by atoms with Crippen LogP contribution in [0.1, 0.15) is 210 Å². The predicted octanol–water partition coefficient (Wildman–Crippen LogP) is 16.9. The van der Waals surface area contributed by atoms with Crippen LogP contribution in [0.15, 0.2) is 125 Å². The lowest BCUT2D eigenvalue weighted by Gasteiger charge is -2.23. The standard InChI is InChI=1S/C16H19ClN6.2C16H19FN6.C15H17BrN6O.C15H17BrN6S.C14H16BrN7/c3*1-22-9-11(7-19-22)12-8-20-23-15(18)13(17)14(21-16(12)23)10-5-3-2-4-6-10;2*1-21-8-9(6-18-21)10-7-19-22-14(17)12(16)13(20-15(10)22)11-4-2-3-5-23-11;1-21-7-9(5-18-21)10-6-19-22-13(16)11(15)12(20-14(10)22)8-2-3-17-4-8/h3*7-10H,2-6,18H2,1H3;2*6-8,11H,2-5,17H2,1H3;5-8,17H,2-4,16H2,1H3. The first-order valence-electron chi connectivity index (χ1n) is 46.2. The number of halogens is 6. The molecule has 13 N–H and O–H groups in total. The van der Waals surface area contributed by atoms with E-state index in [-0.39, 0.29) is 29.6 Å². The first kappa shape index (κ1) is 93.6. The number of rotatable bonds is 12.